The second-order valence-corrected chi connectivity index (χ2v) is 5.88. The van der Waals surface area contributed by atoms with E-state index in [1.54, 1.807) is 0 Å². The predicted octanol–water partition coefficient (Wildman–Crippen LogP) is 2.40. The van der Waals surface area contributed by atoms with E-state index >= 15 is 0 Å². The maximum absolute atomic E-state index is 12.5. The number of aromatic nitrogens is 1. The van der Waals surface area contributed by atoms with Crippen LogP contribution in [-0.4, -0.2) is 22.6 Å². The van der Waals surface area contributed by atoms with Crippen LogP contribution in [0.5, 0.6) is 0 Å². The highest BCUT2D eigenvalue weighted by atomic mass is 35.5. The highest BCUT2D eigenvalue weighted by molar-refractivity contribution is 5.96. The van der Waals surface area contributed by atoms with Crippen LogP contribution < -0.4 is 11.1 Å². The molecule has 1 atom stereocenters. The van der Waals surface area contributed by atoms with Crippen molar-refractivity contribution in [1.29, 1.82) is 0 Å². The Balaban J connectivity index is 0.00000200. The molecule has 1 aromatic rings. The van der Waals surface area contributed by atoms with Gasteiger partial charge >= 0.3 is 0 Å². The Morgan fingerprint density at radius 3 is 2.50 bits per heavy atom. The van der Waals surface area contributed by atoms with Gasteiger partial charge in [-0.2, -0.15) is 0 Å². The summed E-state index contributed by atoms with van der Waals surface area (Å²) in [6.45, 7) is 9.58. The summed E-state index contributed by atoms with van der Waals surface area (Å²) in [5.41, 5.74) is 8.54. The summed E-state index contributed by atoms with van der Waals surface area (Å²) < 4.78 is 2.16. The molecule has 4 nitrogen and oxygen atoms in total. The van der Waals surface area contributed by atoms with Crippen molar-refractivity contribution in [2.45, 2.75) is 52.6 Å². The third-order valence-electron chi connectivity index (χ3n) is 4.44. The van der Waals surface area contributed by atoms with Crippen molar-refractivity contribution in [1.82, 2.24) is 9.88 Å². The Morgan fingerprint density at radius 2 is 2.10 bits per heavy atom. The fourth-order valence-corrected chi connectivity index (χ4v) is 2.88. The molecule has 1 unspecified atom stereocenters. The van der Waals surface area contributed by atoms with Gasteiger partial charge in [-0.05, 0) is 52.5 Å². The Kier molecular flexibility index (Phi) is 5.27. The predicted molar refractivity (Wildman–Crippen MR) is 84.5 cm³/mol. The van der Waals surface area contributed by atoms with Crippen molar-refractivity contribution in [2.75, 3.05) is 6.54 Å². The first-order valence-corrected chi connectivity index (χ1v) is 7.12. The SMILES string of the molecule is CCn1c(C)cc(C(=O)NC(C)(CN)C2CC2)c1C.Cl. The molecule has 20 heavy (non-hydrogen) atoms. The summed E-state index contributed by atoms with van der Waals surface area (Å²) in [6.07, 6.45) is 2.34. The fraction of sp³-hybridized carbons (Fsp3) is 0.667. The molecule has 1 saturated carbocycles. The lowest BCUT2D eigenvalue weighted by Crippen LogP contribution is -2.53. The number of halogens is 1. The second-order valence-electron chi connectivity index (χ2n) is 5.88. The maximum Gasteiger partial charge on any atom is 0.253 e. The van der Waals surface area contributed by atoms with Crippen LogP contribution in [0.3, 0.4) is 0 Å². The van der Waals surface area contributed by atoms with E-state index in [9.17, 15) is 4.79 Å². The van der Waals surface area contributed by atoms with Crippen molar-refractivity contribution in [3.8, 4) is 0 Å². The van der Waals surface area contributed by atoms with Gasteiger partial charge in [0.25, 0.3) is 5.91 Å². The normalized spacial score (nSPS) is 17.2. The molecule has 114 valence electrons. The molecule has 0 aromatic carbocycles. The van der Waals surface area contributed by atoms with E-state index in [-0.39, 0.29) is 23.9 Å². The maximum atomic E-state index is 12.5. The first-order chi connectivity index (χ1) is 8.92. The van der Waals surface area contributed by atoms with Crippen molar-refractivity contribution in [3.05, 3.63) is 23.0 Å². The molecule has 1 aliphatic carbocycles. The lowest BCUT2D eigenvalue weighted by molar-refractivity contribution is 0.0897. The van der Waals surface area contributed by atoms with Gasteiger partial charge in [0.15, 0.2) is 0 Å². The molecule has 1 heterocycles. The van der Waals surface area contributed by atoms with Crippen LogP contribution in [0.25, 0.3) is 0 Å². The Bertz CT molecular complexity index is 494. The Morgan fingerprint density at radius 1 is 1.50 bits per heavy atom. The minimum absolute atomic E-state index is 0. The highest BCUT2D eigenvalue weighted by Gasteiger charge is 2.41. The third-order valence-corrected chi connectivity index (χ3v) is 4.44. The standard InChI is InChI=1S/C15H25N3O.ClH/c1-5-18-10(2)8-13(11(18)3)14(19)17-15(4,9-16)12-6-7-12;/h8,12H,5-7,9,16H2,1-4H3,(H,17,19);1H. The van der Waals surface area contributed by atoms with E-state index in [1.165, 1.54) is 12.8 Å². The van der Waals surface area contributed by atoms with Gasteiger partial charge in [-0.3, -0.25) is 4.79 Å². The number of nitrogens with two attached hydrogens (primary N) is 1. The molecule has 5 heteroatoms. The van der Waals surface area contributed by atoms with Gasteiger partial charge in [0.05, 0.1) is 11.1 Å². The summed E-state index contributed by atoms with van der Waals surface area (Å²) in [7, 11) is 0. The van der Waals surface area contributed by atoms with Gasteiger partial charge in [-0.25, -0.2) is 0 Å². The van der Waals surface area contributed by atoms with E-state index < -0.39 is 0 Å². The van der Waals surface area contributed by atoms with Crippen LogP contribution in [0.4, 0.5) is 0 Å². The summed E-state index contributed by atoms with van der Waals surface area (Å²) in [5, 5.41) is 3.15. The smallest absolute Gasteiger partial charge is 0.253 e. The Hall–Kier alpha value is -1.00. The second kappa shape index (κ2) is 6.19. The van der Waals surface area contributed by atoms with Crippen LogP contribution >= 0.6 is 12.4 Å². The molecule has 1 aliphatic rings. The lowest BCUT2D eigenvalue weighted by Gasteiger charge is -2.29. The molecule has 0 saturated heterocycles. The average molecular weight is 300 g/mol. The van der Waals surface area contributed by atoms with Crippen LogP contribution in [0, 0.1) is 19.8 Å². The van der Waals surface area contributed by atoms with Crippen molar-refractivity contribution in [3.63, 3.8) is 0 Å². The molecule has 1 fully saturated rings. The zero-order valence-corrected chi connectivity index (χ0v) is 13.6. The van der Waals surface area contributed by atoms with Crippen molar-refractivity contribution in [2.24, 2.45) is 11.7 Å². The zero-order valence-electron chi connectivity index (χ0n) is 12.8. The average Bonchev–Trinajstić information content (AvgIpc) is 3.17. The van der Waals surface area contributed by atoms with Gasteiger partial charge < -0.3 is 15.6 Å². The molecule has 1 amide bonds. The van der Waals surface area contributed by atoms with Crippen LogP contribution in [0.15, 0.2) is 6.07 Å². The highest BCUT2D eigenvalue weighted by Crippen LogP contribution is 2.39. The number of aryl methyl sites for hydroxylation is 1. The molecule has 0 bridgehead atoms. The topological polar surface area (TPSA) is 60.0 Å². The van der Waals surface area contributed by atoms with Crippen molar-refractivity contribution >= 4 is 18.3 Å². The number of nitrogens with one attached hydrogen (secondary N) is 1. The largest absolute Gasteiger partial charge is 0.349 e. The van der Waals surface area contributed by atoms with Gasteiger partial charge in [-0.15, -0.1) is 12.4 Å². The summed E-state index contributed by atoms with van der Waals surface area (Å²) in [6, 6.07) is 1.97. The molecular weight excluding hydrogens is 274 g/mol. The molecular formula is C15H26ClN3O. The van der Waals surface area contributed by atoms with Gasteiger partial charge in [-0.1, -0.05) is 0 Å². The lowest BCUT2D eigenvalue weighted by atomic mass is 9.95. The Labute approximate surface area is 127 Å². The molecule has 0 spiro atoms. The van der Waals surface area contributed by atoms with Crippen LogP contribution in [-0.2, 0) is 6.54 Å². The van der Waals surface area contributed by atoms with E-state index in [0.29, 0.717) is 12.5 Å². The monoisotopic (exact) mass is 299 g/mol. The first kappa shape index (κ1) is 17.1. The van der Waals surface area contributed by atoms with Crippen LogP contribution in [0.1, 0.15) is 48.4 Å². The minimum Gasteiger partial charge on any atom is -0.349 e. The zero-order chi connectivity index (χ0) is 14.2. The summed E-state index contributed by atoms with van der Waals surface area (Å²) in [5.74, 6) is 0.545. The van der Waals surface area contributed by atoms with E-state index in [4.69, 9.17) is 5.73 Å². The van der Waals surface area contributed by atoms with Gasteiger partial charge in [0.1, 0.15) is 0 Å². The summed E-state index contributed by atoms with van der Waals surface area (Å²) >= 11 is 0. The number of amides is 1. The first-order valence-electron chi connectivity index (χ1n) is 7.12. The van der Waals surface area contributed by atoms with E-state index in [0.717, 1.165) is 23.5 Å². The molecule has 1 aromatic heterocycles. The number of carbonyl (C=O) groups is 1. The minimum atomic E-state index is -0.258. The van der Waals surface area contributed by atoms with Gasteiger partial charge in [0, 0.05) is 24.5 Å². The molecule has 0 radical (unpaired) electrons. The fourth-order valence-electron chi connectivity index (χ4n) is 2.88. The number of nitrogens with zero attached hydrogens (tertiary/aromatic N) is 1. The number of hydrogen-bond donors (Lipinski definition) is 2. The molecule has 2 rings (SSSR count). The molecule has 3 N–H and O–H groups in total. The number of carbonyl (C=O) groups excluding carboxylic acids is 1. The third kappa shape index (κ3) is 3.01. The number of hydrogen-bond acceptors (Lipinski definition) is 2. The van der Waals surface area contributed by atoms with E-state index in [1.807, 2.05) is 19.9 Å². The van der Waals surface area contributed by atoms with E-state index in [2.05, 4.69) is 23.7 Å². The summed E-state index contributed by atoms with van der Waals surface area (Å²) in [4.78, 5) is 12.5. The number of rotatable bonds is 5. The molecule has 0 aliphatic heterocycles. The quantitative estimate of drug-likeness (QED) is 0.877. The van der Waals surface area contributed by atoms with Crippen LogP contribution in [0.2, 0.25) is 0 Å². The van der Waals surface area contributed by atoms with Gasteiger partial charge in [0.2, 0.25) is 0 Å². The van der Waals surface area contributed by atoms with Crippen molar-refractivity contribution < 1.29 is 4.79 Å².